The minimum Gasteiger partial charge on any atom is -0.328 e. The molecule has 0 aromatic heterocycles. The monoisotopic (exact) mass is 194 g/mol. The number of hydrogen-bond acceptors (Lipinski definition) is 2. The van der Waals surface area contributed by atoms with Crippen molar-refractivity contribution in [3.05, 3.63) is 11.6 Å². The molecule has 14 heavy (non-hydrogen) atoms. The lowest BCUT2D eigenvalue weighted by atomic mass is 9.98. The van der Waals surface area contributed by atoms with Crippen molar-refractivity contribution in [1.29, 1.82) is 0 Å². The lowest BCUT2D eigenvalue weighted by Crippen LogP contribution is -2.47. The Kier molecular flexibility index (Phi) is 2.93. The summed E-state index contributed by atoms with van der Waals surface area (Å²) in [5, 5.41) is 0. The van der Waals surface area contributed by atoms with E-state index < -0.39 is 0 Å². The number of rotatable bonds is 2. The third-order valence-corrected chi connectivity index (χ3v) is 3.63. The van der Waals surface area contributed by atoms with Gasteiger partial charge in [-0.1, -0.05) is 11.6 Å². The fraction of sp³-hybridized carbons (Fsp3) is 0.833. The van der Waals surface area contributed by atoms with E-state index in [1.807, 2.05) is 0 Å². The van der Waals surface area contributed by atoms with E-state index in [-0.39, 0.29) is 0 Å². The van der Waals surface area contributed by atoms with Gasteiger partial charge in [0.25, 0.3) is 0 Å². The van der Waals surface area contributed by atoms with Crippen molar-refractivity contribution in [2.24, 2.45) is 5.73 Å². The highest BCUT2D eigenvalue weighted by molar-refractivity contribution is 5.02. The van der Waals surface area contributed by atoms with Crippen molar-refractivity contribution in [3.8, 4) is 0 Å². The predicted molar refractivity (Wildman–Crippen MR) is 60.2 cm³/mol. The van der Waals surface area contributed by atoms with Crippen LogP contribution in [0.5, 0.6) is 0 Å². The quantitative estimate of drug-likeness (QED) is 0.680. The molecule has 0 saturated carbocycles. The Morgan fingerprint density at radius 1 is 1.29 bits per heavy atom. The van der Waals surface area contributed by atoms with E-state index in [9.17, 15) is 0 Å². The minimum absolute atomic E-state index is 0.468. The smallest absolute Gasteiger partial charge is 0.0171 e. The van der Waals surface area contributed by atoms with Gasteiger partial charge in [-0.05, 0) is 39.5 Å². The average molecular weight is 194 g/mol. The van der Waals surface area contributed by atoms with Crippen LogP contribution in [-0.2, 0) is 0 Å². The highest BCUT2D eigenvalue weighted by atomic mass is 15.2. The number of piperidine rings is 1. The maximum Gasteiger partial charge on any atom is 0.0171 e. The number of allylic oxidation sites excluding steroid dienone is 1. The highest BCUT2D eigenvalue weighted by Crippen LogP contribution is 2.34. The van der Waals surface area contributed by atoms with Gasteiger partial charge in [-0.3, -0.25) is 4.90 Å². The first kappa shape index (κ1) is 10.2. The van der Waals surface area contributed by atoms with Crippen LogP contribution in [0.1, 0.15) is 39.5 Å². The van der Waals surface area contributed by atoms with Gasteiger partial charge in [0.1, 0.15) is 0 Å². The lowest BCUT2D eigenvalue weighted by Gasteiger charge is -2.37. The van der Waals surface area contributed by atoms with Crippen molar-refractivity contribution in [3.63, 3.8) is 0 Å². The Labute approximate surface area is 87.2 Å². The zero-order chi connectivity index (χ0) is 10.1. The van der Waals surface area contributed by atoms with Gasteiger partial charge in [-0.15, -0.1) is 0 Å². The molecule has 2 nitrogen and oxygen atoms in total. The maximum atomic E-state index is 6.03. The molecule has 0 radical (unpaired) electrons. The van der Waals surface area contributed by atoms with Gasteiger partial charge >= 0.3 is 0 Å². The fourth-order valence-electron chi connectivity index (χ4n) is 2.90. The van der Waals surface area contributed by atoms with Gasteiger partial charge in [-0.2, -0.15) is 0 Å². The lowest BCUT2D eigenvalue weighted by molar-refractivity contribution is 0.143. The molecule has 0 spiro atoms. The molecule has 2 heteroatoms. The molecule has 2 unspecified atom stereocenters. The van der Waals surface area contributed by atoms with Crippen molar-refractivity contribution in [2.45, 2.75) is 57.7 Å². The summed E-state index contributed by atoms with van der Waals surface area (Å²) in [5.41, 5.74) is 7.46. The van der Waals surface area contributed by atoms with Crippen LogP contribution in [0.3, 0.4) is 0 Å². The first-order valence-electron chi connectivity index (χ1n) is 5.81. The Morgan fingerprint density at radius 2 is 1.86 bits per heavy atom. The van der Waals surface area contributed by atoms with E-state index in [4.69, 9.17) is 5.73 Å². The van der Waals surface area contributed by atoms with Crippen molar-refractivity contribution < 1.29 is 0 Å². The minimum atomic E-state index is 0.468. The van der Waals surface area contributed by atoms with Gasteiger partial charge in [0.05, 0.1) is 0 Å². The molecule has 2 saturated heterocycles. The van der Waals surface area contributed by atoms with Crippen molar-refractivity contribution >= 4 is 0 Å². The molecule has 2 bridgehead atoms. The van der Waals surface area contributed by atoms with E-state index in [1.54, 1.807) is 0 Å². The SMILES string of the molecule is CC(C)=CCN1C2CCC1CC(N)C2. The maximum absolute atomic E-state index is 6.03. The molecule has 0 aliphatic carbocycles. The number of nitrogens with two attached hydrogens (primary N) is 1. The number of hydrogen-bond donors (Lipinski definition) is 1. The molecule has 2 atom stereocenters. The Bertz CT molecular complexity index is 216. The molecule has 0 aromatic rings. The van der Waals surface area contributed by atoms with Crippen LogP contribution in [-0.4, -0.2) is 29.6 Å². The molecular formula is C12H22N2. The second-order valence-electron chi connectivity index (χ2n) is 5.09. The molecule has 2 heterocycles. The van der Waals surface area contributed by atoms with Crippen LogP contribution in [0.15, 0.2) is 11.6 Å². The van der Waals surface area contributed by atoms with Crippen LogP contribution >= 0.6 is 0 Å². The first-order valence-corrected chi connectivity index (χ1v) is 5.81. The number of fused-ring (bicyclic) bond motifs is 2. The molecule has 0 amide bonds. The van der Waals surface area contributed by atoms with E-state index in [2.05, 4.69) is 24.8 Å². The fourth-order valence-corrected chi connectivity index (χ4v) is 2.90. The summed E-state index contributed by atoms with van der Waals surface area (Å²) in [6.07, 6.45) is 7.52. The first-order chi connectivity index (χ1) is 6.66. The second-order valence-corrected chi connectivity index (χ2v) is 5.09. The Morgan fingerprint density at radius 3 is 2.36 bits per heavy atom. The van der Waals surface area contributed by atoms with Gasteiger partial charge < -0.3 is 5.73 Å². The van der Waals surface area contributed by atoms with Crippen molar-refractivity contribution in [1.82, 2.24) is 4.90 Å². The molecule has 2 aliphatic rings. The summed E-state index contributed by atoms with van der Waals surface area (Å²) in [7, 11) is 0. The molecule has 2 fully saturated rings. The standard InChI is InChI=1S/C12H22N2/c1-9(2)5-6-14-11-3-4-12(14)8-10(13)7-11/h5,10-12H,3-4,6-8,13H2,1-2H3. The molecule has 2 rings (SSSR count). The van der Waals surface area contributed by atoms with E-state index in [0.29, 0.717) is 6.04 Å². The summed E-state index contributed by atoms with van der Waals surface area (Å²) in [6, 6.07) is 2.02. The summed E-state index contributed by atoms with van der Waals surface area (Å²) < 4.78 is 0. The van der Waals surface area contributed by atoms with Crippen LogP contribution in [0.4, 0.5) is 0 Å². The summed E-state index contributed by atoms with van der Waals surface area (Å²) in [6.45, 7) is 5.50. The molecule has 0 aromatic carbocycles. The van der Waals surface area contributed by atoms with E-state index >= 15 is 0 Å². The zero-order valence-corrected chi connectivity index (χ0v) is 9.37. The Balaban J connectivity index is 1.97. The van der Waals surface area contributed by atoms with E-state index in [0.717, 1.165) is 18.6 Å². The normalized spacial score (nSPS) is 37.2. The zero-order valence-electron chi connectivity index (χ0n) is 9.37. The highest BCUT2D eigenvalue weighted by Gasteiger charge is 2.38. The summed E-state index contributed by atoms with van der Waals surface area (Å²) in [5.74, 6) is 0. The van der Waals surface area contributed by atoms with E-state index in [1.165, 1.54) is 31.3 Å². The van der Waals surface area contributed by atoms with Crippen LogP contribution < -0.4 is 5.73 Å². The third kappa shape index (κ3) is 2.01. The third-order valence-electron chi connectivity index (χ3n) is 3.63. The van der Waals surface area contributed by atoms with Crippen LogP contribution in [0.25, 0.3) is 0 Å². The van der Waals surface area contributed by atoms with Crippen LogP contribution in [0.2, 0.25) is 0 Å². The molecule has 2 N–H and O–H groups in total. The van der Waals surface area contributed by atoms with Crippen molar-refractivity contribution in [2.75, 3.05) is 6.54 Å². The number of nitrogens with zero attached hydrogens (tertiary/aromatic N) is 1. The van der Waals surface area contributed by atoms with Gasteiger partial charge in [-0.25, -0.2) is 0 Å². The Hall–Kier alpha value is -0.340. The second kappa shape index (κ2) is 4.03. The van der Waals surface area contributed by atoms with Crippen LogP contribution in [0, 0.1) is 0 Å². The van der Waals surface area contributed by atoms with Gasteiger partial charge in [0, 0.05) is 24.7 Å². The largest absolute Gasteiger partial charge is 0.328 e. The van der Waals surface area contributed by atoms with Gasteiger partial charge in [0.2, 0.25) is 0 Å². The molecule has 80 valence electrons. The average Bonchev–Trinajstić information content (AvgIpc) is 2.34. The summed E-state index contributed by atoms with van der Waals surface area (Å²) in [4.78, 5) is 2.66. The van der Waals surface area contributed by atoms with Gasteiger partial charge in [0.15, 0.2) is 0 Å². The topological polar surface area (TPSA) is 29.3 Å². The summed E-state index contributed by atoms with van der Waals surface area (Å²) >= 11 is 0. The molecule has 2 aliphatic heterocycles. The predicted octanol–water partition coefficient (Wildman–Crippen LogP) is 1.91. The molecular weight excluding hydrogens is 172 g/mol.